The largest absolute Gasteiger partial charge is 0.394 e. The first-order valence-corrected chi connectivity index (χ1v) is 8.08. The average molecular weight is 303 g/mol. The second kappa shape index (κ2) is 7.15. The summed E-state index contributed by atoms with van der Waals surface area (Å²) in [6, 6.07) is 15.4. The molecule has 0 aliphatic heterocycles. The highest BCUT2D eigenvalue weighted by Gasteiger charge is 2.14. The van der Waals surface area contributed by atoms with Crippen molar-refractivity contribution in [2.45, 2.75) is 10.9 Å². The number of amides is 1. The fourth-order valence-electron chi connectivity index (χ4n) is 1.96. The standard InChI is InChI=1S/C16H17NO3S/c1-21(20)14-9-7-13(8-10-14)16(19)17-15(11-18)12-5-3-2-4-6-12/h2-10,15,18H,11H2,1H3,(H,17,19). The zero-order chi connectivity index (χ0) is 15.2. The molecule has 2 N–H and O–H groups in total. The Morgan fingerprint density at radius 3 is 2.29 bits per heavy atom. The Morgan fingerprint density at radius 2 is 1.76 bits per heavy atom. The van der Waals surface area contributed by atoms with Gasteiger partial charge in [-0.1, -0.05) is 30.3 Å². The lowest BCUT2D eigenvalue weighted by atomic mass is 10.1. The van der Waals surface area contributed by atoms with Crippen molar-refractivity contribution in [3.05, 3.63) is 65.7 Å². The summed E-state index contributed by atoms with van der Waals surface area (Å²) in [5.74, 6) is -0.272. The quantitative estimate of drug-likeness (QED) is 0.886. The van der Waals surface area contributed by atoms with Gasteiger partial charge in [0.25, 0.3) is 5.91 Å². The highest BCUT2D eigenvalue weighted by Crippen LogP contribution is 2.13. The van der Waals surface area contributed by atoms with Gasteiger partial charge >= 0.3 is 0 Å². The number of aliphatic hydroxyl groups is 1. The van der Waals surface area contributed by atoms with E-state index in [1.54, 1.807) is 30.5 Å². The fraction of sp³-hybridized carbons (Fsp3) is 0.188. The number of benzene rings is 2. The second-order valence-corrected chi connectivity index (χ2v) is 5.98. The number of rotatable bonds is 5. The van der Waals surface area contributed by atoms with Gasteiger partial charge in [0, 0.05) is 27.5 Å². The Balaban J connectivity index is 2.11. The number of hydrogen-bond donors (Lipinski definition) is 2. The molecule has 0 bridgehead atoms. The maximum Gasteiger partial charge on any atom is 0.251 e. The zero-order valence-corrected chi connectivity index (χ0v) is 12.5. The number of nitrogens with one attached hydrogen (secondary N) is 1. The van der Waals surface area contributed by atoms with E-state index < -0.39 is 16.8 Å². The number of carbonyl (C=O) groups is 1. The van der Waals surface area contributed by atoms with Crippen LogP contribution < -0.4 is 5.32 Å². The van der Waals surface area contributed by atoms with Crippen LogP contribution in [0.15, 0.2) is 59.5 Å². The summed E-state index contributed by atoms with van der Waals surface area (Å²) in [5, 5.41) is 12.2. The van der Waals surface area contributed by atoms with Gasteiger partial charge in [-0.3, -0.25) is 9.00 Å². The molecule has 0 aromatic heterocycles. The van der Waals surface area contributed by atoms with E-state index in [1.165, 1.54) is 0 Å². The van der Waals surface area contributed by atoms with Crippen LogP contribution in [-0.4, -0.2) is 28.1 Å². The molecular weight excluding hydrogens is 286 g/mol. The number of carbonyl (C=O) groups excluding carboxylic acids is 1. The van der Waals surface area contributed by atoms with Crippen molar-refractivity contribution in [1.29, 1.82) is 0 Å². The molecule has 21 heavy (non-hydrogen) atoms. The number of hydrogen-bond acceptors (Lipinski definition) is 3. The molecule has 0 spiro atoms. The molecule has 0 aliphatic carbocycles. The summed E-state index contributed by atoms with van der Waals surface area (Å²) in [7, 11) is -1.06. The van der Waals surface area contributed by atoms with Crippen LogP contribution in [0.1, 0.15) is 22.0 Å². The molecule has 2 aromatic rings. The highest BCUT2D eigenvalue weighted by molar-refractivity contribution is 7.84. The first-order chi connectivity index (χ1) is 10.1. The SMILES string of the molecule is CS(=O)c1ccc(C(=O)NC(CO)c2ccccc2)cc1. The first-order valence-electron chi connectivity index (χ1n) is 6.52. The molecule has 0 heterocycles. The van der Waals surface area contributed by atoms with Crippen molar-refractivity contribution in [1.82, 2.24) is 5.32 Å². The molecule has 2 unspecified atom stereocenters. The van der Waals surface area contributed by atoms with Gasteiger partial charge < -0.3 is 10.4 Å². The van der Waals surface area contributed by atoms with Gasteiger partial charge in [0.15, 0.2) is 0 Å². The Bertz CT molecular complexity index is 626. The van der Waals surface area contributed by atoms with Crippen molar-refractivity contribution >= 4 is 16.7 Å². The van der Waals surface area contributed by atoms with Crippen molar-refractivity contribution in [3.8, 4) is 0 Å². The minimum Gasteiger partial charge on any atom is -0.394 e. The van der Waals surface area contributed by atoms with Crippen molar-refractivity contribution in [3.63, 3.8) is 0 Å². The minimum absolute atomic E-state index is 0.174. The van der Waals surface area contributed by atoms with Crippen LogP contribution in [0.25, 0.3) is 0 Å². The van der Waals surface area contributed by atoms with Gasteiger partial charge in [0.2, 0.25) is 0 Å². The molecule has 0 aliphatic rings. The minimum atomic E-state index is -1.06. The summed E-state index contributed by atoms with van der Waals surface area (Å²) in [5.41, 5.74) is 1.32. The van der Waals surface area contributed by atoms with Crippen LogP contribution in [-0.2, 0) is 10.8 Å². The smallest absolute Gasteiger partial charge is 0.251 e. The normalized spacial score (nSPS) is 13.4. The molecule has 2 aromatic carbocycles. The third kappa shape index (κ3) is 4.00. The third-order valence-electron chi connectivity index (χ3n) is 3.14. The zero-order valence-electron chi connectivity index (χ0n) is 11.7. The van der Waals surface area contributed by atoms with E-state index in [1.807, 2.05) is 30.3 Å². The second-order valence-electron chi connectivity index (χ2n) is 4.60. The predicted molar refractivity (Wildman–Crippen MR) is 82.5 cm³/mol. The maximum absolute atomic E-state index is 12.2. The van der Waals surface area contributed by atoms with E-state index >= 15 is 0 Å². The van der Waals surface area contributed by atoms with Crippen LogP contribution in [0, 0.1) is 0 Å². The van der Waals surface area contributed by atoms with Gasteiger partial charge in [-0.15, -0.1) is 0 Å². The van der Waals surface area contributed by atoms with Crippen molar-refractivity contribution < 1.29 is 14.1 Å². The average Bonchev–Trinajstić information content (AvgIpc) is 2.53. The topological polar surface area (TPSA) is 66.4 Å². The molecule has 5 heteroatoms. The lowest BCUT2D eigenvalue weighted by Crippen LogP contribution is -2.30. The van der Waals surface area contributed by atoms with Crippen LogP contribution in [0.4, 0.5) is 0 Å². The van der Waals surface area contributed by atoms with E-state index in [2.05, 4.69) is 5.32 Å². The lowest BCUT2D eigenvalue weighted by molar-refractivity contribution is 0.0916. The molecular formula is C16H17NO3S. The van der Waals surface area contributed by atoms with E-state index in [9.17, 15) is 14.1 Å². The summed E-state index contributed by atoms with van der Waals surface area (Å²) < 4.78 is 11.3. The molecule has 0 saturated heterocycles. The van der Waals surface area contributed by atoms with E-state index in [0.29, 0.717) is 10.5 Å². The van der Waals surface area contributed by atoms with Gasteiger partial charge in [0.05, 0.1) is 12.6 Å². The Labute approximate surface area is 126 Å². The lowest BCUT2D eigenvalue weighted by Gasteiger charge is -2.16. The van der Waals surface area contributed by atoms with Crippen molar-refractivity contribution in [2.24, 2.45) is 0 Å². The third-order valence-corrected chi connectivity index (χ3v) is 4.07. The van der Waals surface area contributed by atoms with E-state index in [4.69, 9.17) is 0 Å². The molecule has 4 nitrogen and oxygen atoms in total. The van der Waals surface area contributed by atoms with Crippen molar-refractivity contribution in [2.75, 3.05) is 12.9 Å². The fourth-order valence-corrected chi connectivity index (χ4v) is 2.48. The Kier molecular flexibility index (Phi) is 5.25. The van der Waals surface area contributed by atoms with Crippen LogP contribution in [0.3, 0.4) is 0 Å². The summed E-state index contributed by atoms with van der Waals surface area (Å²) >= 11 is 0. The first kappa shape index (κ1) is 15.4. The highest BCUT2D eigenvalue weighted by atomic mass is 32.2. The van der Waals surface area contributed by atoms with Gasteiger partial charge in [-0.05, 0) is 29.8 Å². The number of aliphatic hydroxyl groups excluding tert-OH is 1. The van der Waals surface area contributed by atoms with Crippen LogP contribution in [0.5, 0.6) is 0 Å². The van der Waals surface area contributed by atoms with Gasteiger partial charge in [0.1, 0.15) is 0 Å². The predicted octanol–water partition coefficient (Wildman–Crippen LogP) is 1.89. The molecule has 0 fully saturated rings. The summed E-state index contributed by atoms with van der Waals surface area (Å²) in [6.45, 7) is -0.174. The molecule has 110 valence electrons. The summed E-state index contributed by atoms with van der Waals surface area (Å²) in [4.78, 5) is 12.8. The van der Waals surface area contributed by atoms with Crippen LogP contribution >= 0.6 is 0 Å². The summed E-state index contributed by atoms with van der Waals surface area (Å²) in [6.07, 6.45) is 1.59. The molecule has 2 atom stereocenters. The van der Waals surface area contributed by atoms with Gasteiger partial charge in [-0.25, -0.2) is 0 Å². The molecule has 0 saturated carbocycles. The molecule has 1 amide bonds. The van der Waals surface area contributed by atoms with E-state index in [-0.39, 0.29) is 12.5 Å². The monoisotopic (exact) mass is 303 g/mol. The van der Waals surface area contributed by atoms with E-state index in [0.717, 1.165) is 5.56 Å². The Hall–Kier alpha value is -1.98. The van der Waals surface area contributed by atoms with Crippen LogP contribution in [0.2, 0.25) is 0 Å². The maximum atomic E-state index is 12.2. The molecule has 2 rings (SSSR count). The Morgan fingerprint density at radius 1 is 1.14 bits per heavy atom. The molecule has 0 radical (unpaired) electrons. The van der Waals surface area contributed by atoms with Gasteiger partial charge in [-0.2, -0.15) is 0 Å².